The van der Waals surface area contributed by atoms with Gasteiger partial charge in [0.2, 0.25) is 5.95 Å². The lowest BCUT2D eigenvalue weighted by Gasteiger charge is -2.13. The number of hydrogen-bond acceptors (Lipinski definition) is 3. The van der Waals surface area contributed by atoms with Crippen LogP contribution in [0.5, 0.6) is 0 Å². The van der Waals surface area contributed by atoms with Gasteiger partial charge in [-0.05, 0) is 51.6 Å². The van der Waals surface area contributed by atoms with E-state index < -0.39 is 0 Å². The molecule has 0 aliphatic rings. The minimum atomic E-state index is 0.574. The van der Waals surface area contributed by atoms with E-state index in [9.17, 15) is 0 Å². The molecule has 230 valence electrons. The van der Waals surface area contributed by atoms with E-state index >= 15 is 0 Å². The van der Waals surface area contributed by atoms with Crippen LogP contribution in [0.2, 0.25) is 0 Å². The van der Waals surface area contributed by atoms with E-state index in [0.29, 0.717) is 17.6 Å². The van der Waals surface area contributed by atoms with Crippen LogP contribution in [0.4, 0.5) is 0 Å². The molecule has 0 bridgehead atoms. The van der Waals surface area contributed by atoms with Crippen LogP contribution >= 0.6 is 0 Å². The first-order chi connectivity index (χ1) is 24.3. The Morgan fingerprint density at radius 3 is 1.53 bits per heavy atom. The molecule has 0 atom stereocenters. The lowest BCUT2D eigenvalue weighted by atomic mass is 9.97. The maximum Gasteiger partial charge on any atom is 0.238 e. The molecular formula is C45H30N4. The zero-order chi connectivity index (χ0) is 32.6. The average Bonchev–Trinajstić information content (AvgIpc) is 3.53. The highest BCUT2D eigenvalue weighted by molar-refractivity contribution is 6.16. The van der Waals surface area contributed by atoms with Crippen molar-refractivity contribution >= 4 is 21.8 Å². The van der Waals surface area contributed by atoms with E-state index in [1.54, 1.807) is 0 Å². The predicted molar refractivity (Wildman–Crippen MR) is 201 cm³/mol. The van der Waals surface area contributed by atoms with E-state index in [0.717, 1.165) is 55.2 Å². The van der Waals surface area contributed by atoms with Gasteiger partial charge < -0.3 is 0 Å². The van der Waals surface area contributed by atoms with Crippen molar-refractivity contribution in [3.05, 3.63) is 182 Å². The van der Waals surface area contributed by atoms with E-state index in [1.165, 1.54) is 11.1 Å². The molecule has 4 nitrogen and oxygen atoms in total. The normalized spacial score (nSPS) is 11.3. The van der Waals surface area contributed by atoms with Gasteiger partial charge in [-0.15, -0.1) is 0 Å². The van der Waals surface area contributed by atoms with E-state index in [2.05, 4.69) is 156 Å². The quantitative estimate of drug-likeness (QED) is 0.184. The Hall–Kier alpha value is -6.65. The molecule has 0 N–H and O–H groups in total. The summed E-state index contributed by atoms with van der Waals surface area (Å²) in [5, 5.41) is 2.30. The van der Waals surface area contributed by atoms with Gasteiger partial charge in [0.25, 0.3) is 0 Å². The van der Waals surface area contributed by atoms with Crippen LogP contribution < -0.4 is 0 Å². The van der Waals surface area contributed by atoms with Crippen LogP contribution in [0.1, 0.15) is 0 Å². The van der Waals surface area contributed by atoms with Crippen molar-refractivity contribution in [3.63, 3.8) is 0 Å². The largest absolute Gasteiger partial charge is 0.278 e. The van der Waals surface area contributed by atoms with Crippen LogP contribution in [0.3, 0.4) is 0 Å². The summed E-state index contributed by atoms with van der Waals surface area (Å²) < 4.78 is 2.20. The molecule has 0 spiro atoms. The molecule has 0 saturated carbocycles. The van der Waals surface area contributed by atoms with Gasteiger partial charge in [0, 0.05) is 21.9 Å². The van der Waals surface area contributed by atoms with Crippen molar-refractivity contribution in [2.45, 2.75) is 0 Å². The Morgan fingerprint density at radius 2 is 0.857 bits per heavy atom. The maximum absolute atomic E-state index is 5.28. The molecule has 0 unspecified atom stereocenters. The molecule has 4 heteroatoms. The molecule has 0 aliphatic carbocycles. The number of nitrogens with zero attached hydrogens (tertiary/aromatic N) is 4. The van der Waals surface area contributed by atoms with Crippen LogP contribution in [-0.4, -0.2) is 19.5 Å². The number of aromatic nitrogens is 4. The second-order valence-electron chi connectivity index (χ2n) is 12.1. The molecule has 0 radical (unpaired) electrons. The van der Waals surface area contributed by atoms with Gasteiger partial charge in [-0.2, -0.15) is 9.97 Å². The first-order valence-electron chi connectivity index (χ1n) is 16.5. The molecular weight excluding hydrogens is 597 g/mol. The van der Waals surface area contributed by atoms with Crippen LogP contribution in [0.15, 0.2) is 182 Å². The average molecular weight is 627 g/mol. The summed E-state index contributed by atoms with van der Waals surface area (Å²) >= 11 is 0. The van der Waals surface area contributed by atoms with E-state index in [4.69, 9.17) is 15.0 Å². The highest BCUT2D eigenvalue weighted by Gasteiger charge is 2.21. The molecule has 0 fully saturated rings. The van der Waals surface area contributed by atoms with Gasteiger partial charge in [0.15, 0.2) is 11.6 Å². The fraction of sp³-hybridized carbons (Fsp3) is 0. The Morgan fingerprint density at radius 1 is 0.327 bits per heavy atom. The van der Waals surface area contributed by atoms with Crippen molar-refractivity contribution in [1.29, 1.82) is 0 Å². The first kappa shape index (κ1) is 28.6. The predicted octanol–water partition coefficient (Wildman–Crippen LogP) is 11.3. The van der Waals surface area contributed by atoms with Crippen molar-refractivity contribution in [2.75, 3.05) is 0 Å². The molecule has 0 saturated heterocycles. The molecule has 2 heterocycles. The highest BCUT2D eigenvalue weighted by atomic mass is 15.2. The fourth-order valence-corrected chi connectivity index (χ4v) is 6.80. The Bertz CT molecular complexity index is 2580. The van der Waals surface area contributed by atoms with Crippen LogP contribution in [0.25, 0.3) is 83.9 Å². The molecule has 7 aromatic carbocycles. The number of benzene rings is 7. The monoisotopic (exact) mass is 626 g/mol. The Kier molecular flexibility index (Phi) is 7.10. The second-order valence-corrected chi connectivity index (χ2v) is 12.1. The summed E-state index contributed by atoms with van der Waals surface area (Å²) in [5.41, 5.74) is 10.8. The van der Waals surface area contributed by atoms with Gasteiger partial charge in [-0.3, -0.25) is 4.57 Å². The molecule has 0 aliphatic heterocycles. The van der Waals surface area contributed by atoms with E-state index in [1.807, 2.05) is 30.3 Å². The zero-order valence-electron chi connectivity index (χ0n) is 26.6. The summed E-state index contributed by atoms with van der Waals surface area (Å²) in [6, 6.07) is 63.3. The topological polar surface area (TPSA) is 43.6 Å². The van der Waals surface area contributed by atoms with E-state index in [-0.39, 0.29) is 0 Å². The summed E-state index contributed by atoms with van der Waals surface area (Å²) in [6.45, 7) is 0. The smallest absolute Gasteiger partial charge is 0.238 e. The second kappa shape index (κ2) is 12.2. The van der Waals surface area contributed by atoms with Crippen molar-refractivity contribution < 1.29 is 0 Å². The van der Waals surface area contributed by atoms with Gasteiger partial charge in [-0.25, -0.2) is 4.98 Å². The summed E-state index contributed by atoms with van der Waals surface area (Å²) in [6.07, 6.45) is 0. The molecule has 9 aromatic rings. The summed E-state index contributed by atoms with van der Waals surface area (Å²) in [7, 11) is 0. The number of fused-ring (bicyclic) bond motifs is 3. The molecule has 9 rings (SSSR count). The highest BCUT2D eigenvalue weighted by Crippen LogP contribution is 2.40. The molecule has 2 aromatic heterocycles. The molecule has 0 amide bonds. The standard InChI is InChI=1S/C45H30N4/c1-5-16-31(17-6-1)35-28-29-40-39(30-35)42-37(33-20-9-3-10-21-33)26-15-27-41(42)49(40)45-47-43(34-22-11-4-12-23-34)46-44(48-45)38-25-14-13-24-36(38)32-18-7-2-8-19-32/h1-30H. The van der Waals surface area contributed by atoms with Crippen LogP contribution in [-0.2, 0) is 0 Å². The fourth-order valence-electron chi connectivity index (χ4n) is 6.80. The third kappa shape index (κ3) is 5.16. The van der Waals surface area contributed by atoms with Gasteiger partial charge >= 0.3 is 0 Å². The van der Waals surface area contributed by atoms with Crippen molar-refractivity contribution in [1.82, 2.24) is 19.5 Å². The minimum Gasteiger partial charge on any atom is -0.278 e. The summed E-state index contributed by atoms with van der Waals surface area (Å²) in [5.74, 6) is 1.82. The number of hydrogen-bond donors (Lipinski definition) is 0. The van der Waals surface area contributed by atoms with Gasteiger partial charge in [0.1, 0.15) is 0 Å². The third-order valence-electron chi connectivity index (χ3n) is 9.09. The molecule has 49 heavy (non-hydrogen) atoms. The number of rotatable bonds is 6. The Balaban J connectivity index is 1.36. The Labute approximate surface area is 284 Å². The summed E-state index contributed by atoms with van der Waals surface area (Å²) in [4.78, 5) is 15.6. The lowest BCUT2D eigenvalue weighted by molar-refractivity contribution is 0.954. The van der Waals surface area contributed by atoms with Gasteiger partial charge in [-0.1, -0.05) is 164 Å². The zero-order valence-corrected chi connectivity index (χ0v) is 26.6. The van der Waals surface area contributed by atoms with Crippen molar-refractivity contribution in [3.8, 4) is 62.1 Å². The van der Waals surface area contributed by atoms with Gasteiger partial charge in [0.05, 0.1) is 11.0 Å². The van der Waals surface area contributed by atoms with Crippen LogP contribution in [0, 0.1) is 0 Å². The van der Waals surface area contributed by atoms with Crippen molar-refractivity contribution in [2.24, 2.45) is 0 Å². The third-order valence-corrected chi connectivity index (χ3v) is 9.09. The first-order valence-corrected chi connectivity index (χ1v) is 16.5. The maximum atomic E-state index is 5.28. The lowest BCUT2D eigenvalue weighted by Crippen LogP contribution is -2.06. The minimum absolute atomic E-state index is 0.574. The SMILES string of the molecule is c1ccc(-c2ccc3c(c2)c2c(-c4ccccc4)cccc2n3-c2nc(-c3ccccc3)nc(-c3ccccc3-c3ccccc3)n2)cc1.